The van der Waals surface area contributed by atoms with Crippen molar-refractivity contribution in [3.05, 3.63) is 35.5 Å². The number of aryl methyl sites for hydroxylation is 1. The lowest BCUT2D eigenvalue weighted by molar-refractivity contribution is 0.357. The Kier molecular flexibility index (Phi) is 2.60. The molecule has 18 heavy (non-hydrogen) atoms. The van der Waals surface area contributed by atoms with Crippen LogP contribution in [0.2, 0.25) is 0 Å². The Labute approximate surface area is 105 Å². The zero-order valence-electron chi connectivity index (χ0n) is 10.1. The summed E-state index contributed by atoms with van der Waals surface area (Å²) in [4.78, 5) is 8.79. The number of nitrogens with two attached hydrogens (primary N) is 1. The van der Waals surface area contributed by atoms with E-state index >= 15 is 0 Å². The SMILES string of the molecule is Cc1cc(NN)nc(-c2ccc3c(c2)CCO3)n1. The monoisotopic (exact) mass is 242 g/mol. The first-order valence-electron chi connectivity index (χ1n) is 5.84. The van der Waals surface area contributed by atoms with Gasteiger partial charge in [-0.25, -0.2) is 15.8 Å². The van der Waals surface area contributed by atoms with E-state index in [1.165, 1.54) is 5.56 Å². The molecule has 5 nitrogen and oxygen atoms in total. The molecule has 5 heteroatoms. The Bertz CT molecular complexity index is 598. The van der Waals surface area contributed by atoms with E-state index in [2.05, 4.69) is 21.5 Å². The number of rotatable bonds is 2. The first kappa shape index (κ1) is 11.0. The number of hydrogen-bond acceptors (Lipinski definition) is 5. The van der Waals surface area contributed by atoms with Crippen molar-refractivity contribution in [2.24, 2.45) is 5.84 Å². The molecule has 3 N–H and O–H groups in total. The van der Waals surface area contributed by atoms with E-state index in [0.29, 0.717) is 11.6 Å². The zero-order valence-corrected chi connectivity index (χ0v) is 10.1. The van der Waals surface area contributed by atoms with Crippen LogP contribution in [-0.2, 0) is 6.42 Å². The molecule has 0 unspecified atom stereocenters. The molecule has 0 fully saturated rings. The van der Waals surface area contributed by atoms with Gasteiger partial charge in [-0.2, -0.15) is 0 Å². The Hall–Kier alpha value is -2.14. The molecular weight excluding hydrogens is 228 g/mol. The molecule has 0 saturated heterocycles. The normalized spacial score (nSPS) is 13.0. The van der Waals surface area contributed by atoms with Gasteiger partial charge in [0.15, 0.2) is 5.82 Å². The average molecular weight is 242 g/mol. The standard InChI is InChI=1S/C13H14N4O/c1-8-6-12(17-14)16-13(15-8)10-2-3-11-9(7-10)4-5-18-11/h2-3,6-7H,4-5,14H2,1H3,(H,15,16,17). The van der Waals surface area contributed by atoms with E-state index in [-0.39, 0.29) is 0 Å². The fraction of sp³-hybridized carbons (Fsp3) is 0.231. The molecule has 0 radical (unpaired) electrons. The number of fused-ring (bicyclic) bond motifs is 1. The molecule has 0 aliphatic carbocycles. The molecule has 2 aromatic rings. The third kappa shape index (κ3) is 1.89. The summed E-state index contributed by atoms with van der Waals surface area (Å²) in [5.41, 5.74) is 5.63. The number of nitrogen functional groups attached to an aromatic ring is 1. The summed E-state index contributed by atoms with van der Waals surface area (Å²) in [6, 6.07) is 7.83. The van der Waals surface area contributed by atoms with Crippen LogP contribution in [0.1, 0.15) is 11.3 Å². The quantitative estimate of drug-likeness (QED) is 0.619. The summed E-state index contributed by atoms with van der Waals surface area (Å²) in [6.45, 7) is 2.67. The van der Waals surface area contributed by atoms with Crippen LogP contribution in [0.15, 0.2) is 24.3 Å². The molecule has 92 valence electrons. The molecule has 0 amide bonds. The second-order valence-corrected chi connectivity index (χ2v) is 4.28. The summed E-state index contributed by atoms with van der Waals surface area (Å²) < 4.78 is 5.48. The highest BCUT2D eigenvalue weighted by molar-refractivity contribution is 5.61. The maximum Gasteiger partial charge on any atom is 0.161 e. The third-order valence-electron chi connectivity index (χ3n) is 2.95. The topological polar surface area (TPSA) is 73.1 Å². The van der Waals surface area contributed by atoms with Crippen molar-refractivity contribution in [3.63, 3.8) is 0 Å². The van der Waals surface area contributed by atoms with Crippen molar-refractivity contribution in [2.45, 2.75) is 13.3 Å². The molecule has 0 atom stereocenters. The predicted octanol–water partition coefficient (Wildman–Crippen LogP) is 1.67. The van der Waals surface area contributed by atoms with Crippen molar-refractivity contribution in [3.8, 4) is 17.1 Å². The first-order valence-corrected chi connectivity index (χ1v) is 5.84. The van der Waals surface area contributed by atoms with Crippen molar-refractivity contribution in [1.82, 2.24) is 9.97 Å². The fourth-order valence-electron chi connectivity index (χ4n) is 2.10. The molecule has 2 heterocycles. The van der Waals surface area contributed by atoms with Crippen LogP contribution in [0.25, 0.3) is 11.4 Å². The second-order valence-electron chi connectivity index (χ2n) is 4.28. The number of ether oxygens (including phenoxy) is 1. The van der Waals surface area contributed by atoms with Gasteiger partial charge >= 0.3 is 0 Å². The predicted molar refractivity (Wildman–Crippen MR) is 69.2 cm³/mol. The number of aromatic nitrogens is 2. The maximum absolute atomic E-state index is 5.48. The number of benzene rings is 1. The van der Waals surface area contributed by atoms with Crippen LogP contribution < -0.4 is 16.0 Å². The smallest absolute Gasteiger partial charge is 0.161 e. The number of hydrazine groups is 1. The second kappa shape index (κ2) is 4.27. The van der Waals surface area contributed by atoms with E-state index in [9.17, 15) is 0 Å². The summed E-state index contributed by atoms with van der Waals surface area (Å²) in [7, 11) is 0. The van der Waals surface area contributed by atoms with Gasteiger partial charge in [-0.3, -0.25) is 0 Å². The molecule has 0 saturated carbocycles. The largest absolute Gasteiger partial charge is 0.493 e. The minimum Gasteiger partial charge on any atom is -0.493 e. The Morgan fingerprint density at radius 1 is 1.28 bits per heavy atom. The highest BCUT2D eigenvalue weighted by Crippen LogP contribution is 2.29. The summed E-state index contributed by atoms with van der Waals surface area (Å²) in [5, 5.41) is 0. The van der Waals surface area contributed by atoms with Crippen LogP contribution >= 0.6 is 0 Å². The highest BCUT2D eigenvalue weighted by Gasteiger charge is 2.14. The van der Waals surface area contributed by atoms with Crippen molar-refractivity contribution < 1.29 is 4.74 Å². The van der Waals surface area contributed by atoms with Crippen molar-refractivity contribution in [1.29, 1.82) is 0 Å². The highest BCUT2D eigenvalue weighted by atomic mass is 16.5. The van der Waals surface area contributed by atoms with Crippen LogP contribution in [0.5, 0.6) is 5.75 Å². The van der Waals surface area contributed by atoms with Gasteiger partial charge in [-0.15, -0.1) is 0 Å². The third-order valence-corrected chi connectivity index (χ3v) is 2.95. The van der Waals surface area contributed by atoms with Crippen molar-refractivity contribution >= 4 is 5.82 Å². The van der Waals surface area contributed by atoms with Crippen LogP contribution in [0, 0.1) is 6.92 Å². The van der Waals surface area contributed by atoms with Gasteiger partial charge in [0.05, 0.1) is 6.61 Å². The molecule has 1 aromatic heterocycles. The molecule has 0 spiro atoms. The lowest BCUT2D eigenvalue weighted by Crippen LogP contribution is -2.10. The lowest BCUT2D eigenvalue weighted by Gasteiger charge is -2.06. The molecule has 1 aliphatic rings. The molecular formula is C13H14N4O. The molecule has 0 bridgehead atoms. The van der Waals surface area contributed by atoms with Crippen LogP contribution in [-0.4, -0.2) is 16.6 Å². The number of nitrogens with zero attached hydrogens (tertiary/aromatic N) is 2. The fourth-order valence-corrected chi connectivity index (χ4v) is 2.10. The van der Waals surface area contributed by atoms with E-state index in [1.807, 2.05) is 19.1 Å². The van der Waals surface area contributed by atoms with Crippen LogP contribution in [0.3, 0.4) is 0 Å². The number of nitrogens with one attached hydrogen (secondary N) is 1. The summed E-state index contributed by atoms with van der Waals surface area (Å²) in [5.74, 6) is 7.66. The molecule has 3 rings (SSSR count). The van der Waals surface area contributed by atoms with Crippen molar-refractivity contribution in [2.75, 3.05) is 12.0 Å². The van der Waals surface area contributed by atoms with Gasteiger partial charge in [0.25, 0.3) is 0 Å². The Morgan fingerprint density at radius 2 is 2.17 bits per heavy atom. The number of anilines is 1. The van der Waals surface area contributed by atoms with Gasteiger partial charge in [-0.05, 0) is 30.7 Å². The van der Waals surface area contributed by atoms with E-state index < -0.39 is 0 Å². The minimum absolute atomic E-state index is 0.620. The molecule has 1 aliphatic heterocycles. The molecule has 1 aromatic carbocycles. The number of hydrogen-bond donors (Lipinski definition) is 2. The van der Waals surface area contributed by atoms with Gasteiger partial charge in [0.2, 0.25) is 0 Å². The van der Waals surface area contributed by atoms with E-state index in [4.69, 9.17) is 10.6 Å². The average Bonchev–Trinajstić information content (AvgIpc) is 2.85. The zero-order chi connectivity index (χ0) is 12.5. The van der Waals surface area contributed by atoms with Crippen LogP contribution in [0.4, 0.5) is 5.82 Å². The van der Waals surface area contributed by atoms with Gasteiger partial charge < -0.3 is 10.2 Å². The summed E-state index contributed by atoms with van der Waals surface area (Å²) in [6.07, 6.45) is 0.941. The Balaban J connectivity index is 2.06. The Morgan fingerprint density at radius 3 is 3.00 bits per heavy atom. The lowest BCUT2D eigenvalue weighted by atomic mass is 10.1. The first-order chi connectivity index (χ1) is 8.76. The van der Waals surface area contributed by atoms with E-state index in [0.717, 1.165) is 30.0 Å². The summed E-state index contributed by atoms with van der Waals surface area (Å²) >= 11 is 0. The minimum atomic E-state index is 0.620. The van der Waals surface area contributed by atoms with E-state index in [1.54, 1.807) is 6.07 Å². The van der Waals surface area contributed by atoms with Gasteiger partial charge in [-0.1, -0.05) is 0 Å². The van der Waals surface area contributed by atoms with Gasteiger partial charge in [0.1, 0.15) is 11.6 Å². The maximum atomic E-state index is 5.48. The van der Waals surface area contributed by atoms with Gasteiger partial charge in [0, 0.05) is 23.7 Å².